The van der Waals surface area contributed by atoms with Crippen LogP contribution in [0.15, 0.2) is 47.1 Å². The second-order valence-electron chi connectivity index (χ2n) is 8.76. The minimum absolute atomic E-state index is 0.0701. The predicted octanol–water partition coefficient (Wildman–Crippen LogP) is 4.86. The van der Waals surface area contributed by atoms with Gasteiger partial charge in [-0.1, -0.05) is 11.3 Å². The van der Waals surface area contributed by atoms with E-state index in [4.69, 9.17) is 9.15 Å². The lowest BCUT2D eigenvalue weighted by molar-refractivity contribution is -0.120. The van der Waals surface area contributed by atoms with Crippen molar-refractivity contribution in [3.8, 4) is 10.9 Å². The van der Waals surface area contributed by atoms with Crippen LogP contribution < -0.4 is 10.1 Å². The van der Waals surface area contributed by atoms with Crippen LogP contribution in [-0.2, 0) is 11.3 Å². The van der Waals surface area contributed by atoms with Gasteiger partial charge >= 0.3 is 0 Å². The first-order chi connectivity index (χ1) is 15.6. The molecule has 0 aliphatic carbocycles. The second kappa shape index (κ2) is 7.86. The van der Waals surface area contributed by atoms with Crippen LogP contribution in [-0.4, -0.2) is 38.9 Å². The smallest absolute Gasteiger partial charge is 0.279 e. The maximum atomic E-state index is 11.4. The number of benzene rings is 1. The Hall–Kier alpha value is -2.97. The van der Waals surface area contributed by atoms with Crippen molar-refractivity contribution >= 4 is 38.4 Å². The highest BCUT2D eigenvalue weighted by molar-refractivity contribution is 7.20. The zero-order valence-corrected chi connectivity index (χ0v) is 18.6. The largest absolute Gasteiger partial charge is 0.460 e. The van der Waals surface area contributed by atoms with Gasteiger partial charge in [0.2, 0.25) is 5.91 Å². The van der Waals surface area contributed by atoms with E-state index in [9.17, 15) is 4.79 Å². The summed E-state index contributed by atoms with van der Waals surface area (Å²) >= 11 is 1.50. The molecule has 3 aromatic heterocycles. The molecule has 2 fully saturated rings. The number of carbonyl (C=O) groups excluding carboxylic acids is 1. The maximum absolute atomic E-state index is 11.4. The third-order valence-electron chi connectivity index (χ3n) is 6.55. The van der Waals surface area contributed by atoms with Crippen LogP contribution in [0.1, 0.15) is 38.4 Å². The first-order valence-electron chi connectivity index (χ1n) is 11.0. The number of piperidine rings is 1. The lowest BCUT2D eigenvalue weighted by atomic mass is 9.97. The van der Waals surface area contributed by atoms with Crippen LogP contribution in [0.4, 0.5) is 0 Å². The Labute approximate surface area is 189 Å². The predicted molar refractivity (Wildman–Crippen MR) is 123 cm³/mol. The van der Waals surface area contributed by atoms with Crippen molar-refractivity contribution in [2.75, 3.05) is 0 Å². The van der Waals surface area contributed by atoms with E-state index in [0.717, 1.165) is 46.3 Å². The summed E-state index contributed by atoms with van der Waals surface area (Å²) in [6, 6.07) is 11.3. The molecule has 5 heterocycles. The molecule has 2 aliphatic rings. The third-order valence-corrected chi connectivity index (χ3v) is 7.46. The Balaban J connectivity index is 1.17. The Morgan fingerprint density at radius 1 is 1.25 bits per heavy atom. The molecule has 32 heavy (non-hydrogen) atoms. The van der Waals surface area contributed by atoms with Gasteiger partial charge in [-0.25, -0.2) is 4.98 Å². The molecule has 2 bridgehead atoms. The van der Waals surface area contributed by atoms with Crippen LogP contribution in [0.5, 0.6) is 10.9 Å². The van der Waals surface area contributed by atoms with E-state index in [1.807, 2.05) is 24.3 Å². The van der Waals surface area contributed by atoms with Crippen LogP contribution in [0.3, 0.4) is 0 Å². The molecular formula is C24H24N4O3S. The maximum Gasteiger partial charge on any atom is 0.279 e. The van der Waals surface area contributed by atoms with Gasteiger partial charge in [0.15, 0.2) is 0 Å². The minimum atomic E-state index is 0.0701. The van der Waals surface area contributed by atoms with Gasteiger partial charge in [-0.3, -0.25) is 14.7 Å². The summed E-state index contributed by atoms with van der Waals surface area (Å²) in [5, 5.41) is 4.78. The SMILES string of the molecule is CC(=O)NC1C[C@H]2CC[C@@H](C1)N2Cc1cc2ccc(Oc3nc4cnccc4s3)cc2o1. The highest BCUT2D eigenvalue weighted by Gasteiger charge is 2.41. The van der Waals surface area contributed by atoms with Crippen LogP contribution in [0.25, 0.3) is 21.2 Å². The zero-order chi connectivity index (χ0) is 21.7. The van der Waals surface area contributed by atoms with Gasteiger partial charge in [0.05, 0.1) is 17.4 Å². The Morgan fingerprint density at radius 3 is 2.88 bits per heavy atom. The van der Waals surface area contributed by atoms with Crippen molar-refractivity contribution in [1.29, 1.82) is 0 Å². The standard InChI is InChI=1S/C24H24N4O3S/c1-14(29)26-16-9-17-3-4-18(10-16)28(17)13-20-8-15-2-5-19(11-22(15)30-20)31-24-27-21-12-25-7-6-23(21)32-24/h2,5-8,11-12,16-18H,3-4,9-10,13H2,1H3,(H,26,29)/t16?,17-,18+. The number of fused-ring (bicyclic) bond motifs is 4. The molecule has 4 aromatic rings. The summed E-state index contributed by atoms with van der Waals surface area (Å²) in [5.74, 6) is 1.75. The van der Waals surface area contributed by atoms with E-state index >= 15 is 0 Å². The number of amides is 1. The Morgan fingerprint density at radius 2 is 2.09 bits per heavy atom. The summed E-state index contributed by atoms with van der Waals surface area (Å²) in [6.07, 6.45) is 7.92. The number of hydrogen-bond acceptors (Lipinski definition) is 7. The number of nitrogens with one attached hydrogen (secondary N) is 1. The molecule has 1 unspecified atom stereocenters. The number of furan rings is 1. The van der Waals surface area contributed by atoms with Crippen molar-refractivity contribution < 1.29 is 13.9 Å². The van der Waals surface area contributed by atoms with E-state index in [-0.39, 0.29) is 5.91 Å². The van der Waals surface area contributed by atoms with Crippen molar-refractivity contribution in [3.05, 3.63) is 48.5 Å². The summed E-state index contributed by atoms with van der Waals surface area (Å²) in [6.45, 7) is 2.41. The number of rotatable bonds is 5. The van der Waals surface area contributed by atoms with E-state index in [1.54, 1.807) is 19.3 Å². The van der Waals surface area contributed by atoms with Crippen molar-refractivity contribution in [1.82, 2.24) is 20.2 Å². The molecule has 1 aromatic carbocycles. The number of carbonyl (C=O) groups is 1. The number of ether oxygens (including phenoxy) is 1. The van der Waals surface area contributed by atoms with Gasteiger partial charge < -0.3 is 14.5 Å². The molecule has 0 spiro atoms. The van der Waals surface area contributed by atoms with Gasteiger partial charge in [-0.15, -0.1) is 0 Å². The van der Waals surface area contributed by atoms with Gasteiger partial charge in [-0.2, -0.15) is 0 Å². The molecule has 164 valence electrons. The number of nitrogens with zero attached hydrogens (tertiary/aromatic N) is 3. The highest BCUT2D eigenvalue weighted by Crippen LogP contribution is 2.38. The molecule has 6 rings (SSSR count). The van der Waals surface area contributed by atoms with Gasteiger partial charge in [0.1, 0.15) is 22.6 Å². The monoisotopic (exact) mass is 448 g/mol. The van der Waals surface area contributed by atoms with Gasteiger partial charge in [-0.05, 0) is 49.9 Å². The number of aromatic nitrogens is 2. The quantitative estimate of drug-likeness (QED) is 0.470. The van der Waals surface area contributed by atoms with Crippen LogP contribution in [0, 0.1) is 0 Å². The normalized spacial score (nSPS) is 23.1. The molecule has 1 N–H and O–H groups in total. The van der Waals surface area contributed by atoms with Crippen LogP contribution in [0.2, 0.25) is 0 Å². The second-order valence-corrected chi connectivity index (χ2v) is 9.76. The highest BCUT2D eigenvalue weighted by atomic mass is 32.1. The number of hydrogen-bond donors (Lipinski definition) is 1. The van der Waals surface area contributed by atoms with Crippen molar-refractivity contribution in [2.45, 2.75) is 57.3 Å². The van der Waals surface area contributed by atoms with Gasteiger partial charge in [0.25, 0.3) is 5.19 Å². The van der Waals surface area contributed by atoms with Gasteiger partial charge in [0, 0.05) is 42.7 Å². The number of thiazole rings is 1. The average Bonchev–Trinajstić information content (AvgIpc) is 3.41. The molecular weight excluding hydrogens is 424 g/mol. The first-order valence-corrected chi connectivity index (χ1v) is 11.9. The van der Waals surface area contributed by atoms with Crippen LogP contribution >= 0.6 is 11.3 Å². The molecule has 7 nitrogen and oxygen atoms in total. The first kappa shape index (κ1) is 19.7. The van der Waals surface area contributed by atoms with E-state index < -0.39 is 0 Å². The fraction of sp³-hybridized carbons (Fsp3) is 0.375. The molecule has 3 atom stereocenters. The summed E-state index contributed by atoms with van der Waals surface area (Å²) in [7, 11) is 0. The molecule has 2 saturated heterocycles. The fourth-order valence-electron chi connectivity index (χ4n) is 5.23. The topological polar surface area (TPSA) is 80.5 Å². The number of pyridine rings is 1. The molecule has 8 heteroatoms. The van der Waals surface area contributed by atoms with E-state index in [0.29, 0.717) is 29.1 Å². The lowest BCUT2D eigenvalue weighted by Gasteiger charge is -2.38. The molecule has 0 saturated carbocycles. The average molecular weight is 449 g/mol. The fourth-order valence-corrected chi connectivity index (χ4v) is 6.03. The molecule has 1 amide bonds. The minimum Gasteiger partial charge on any atom is -0.460 e. The Bertz CT molecular complexity index is 1250. The summed E-state index contributed by atoms with van der Waals surface area (Å²) < 4.78 is 13.2. The molecule has 0 radical (unpaired) electrons. The van der Waals surface area contributed by atoms with Crippen molar-refractivity contribution in [3.63, 3.8) is 0 Å². The third kappa shape index (κ3) is 3.73. The van der Waals surface area contributed by atoms with E-state index in [1.165, 1.54) is 24.2 Å². The molecule has 2 aliphatic heterocycles. The lowest BCUT2D eigenvalue weighted by Crippen LogP contribution is -2.49. The Kier molecular flexibility index (Phi) is 4.84. The summed E-state index contributed by atoms with van der Waals surface area (Å²) in [5.41, 5.74) is 1.66. The van der Waals surface area contributed by atoms with E-state index in [2.05, 4.69) is 26.3 Å². The van der Waals surface area contributed by atoms with Crippen molar-refractivity contribution in [2.24, 2.45) is 0 Å². The zero-order valence-electron chi connectivity index (χ0n) is 17.8. The summed E-state index contributed by atoms with van der Waals surface area (Å²) in [4.78, 5) is 22.6.